The van der Waals surface area contributed by atoms with Gasteiger partial charge in [-0.25, -0.2) is 4.39 Å². The molecule has 2 aromatic carbocycles. The number of amides is 2. The summed E-state index contributed by atoms with van der Waals surface area (Å²) in [5.41, 5.74) is 2.10. The van der Waals surface area contributed by atoms with E-state index in [1.165, 1.54) is 6.07 Å². The predicted molar refractivity (Wildman–Crippen MR) is 127 cm³/mol. The molecule has 8 nitrogen and oxygen atoms in total. The van der Waals surface area contributed by atoms with E-state index in [4.69, 9.17) is 14.0 Å². The monoisotopic (exact) mass is 481 g/mol. The Kier molecular flexibility index (Phi) is 7.33. The molecule has 0 radical (unpaired) electrons. The normalized spacial score (nSPS) is 14.0. The zero-order chi connectivity index (χ0) is 24.9. The molecule has 2 amide bonds. The molecule has 3 aromatic rings. The van der Waals surface area contributed by atoms with Gasteiger partial charge in [-0.1, -0.05) is 17.3 Å². The van der Waals surface area contributed by atoms with Crippen molar-refractivity contribution >= 4 is 11.8 Å². The molecule has 0 spiro atoms. The Morgan fingerprint density at radius 2 is 1.89 bits per heavy atom. The van der Waals surface area contributed by atoms with E-state index >= 15 is 0 Å². The van der Waals surface area contributed by atoms with Crippen molar-refractivity contribution in [2.24, 2.45) is 5.92 Å². The summed E-state index contributed by atoms with van der Waals surface area (Å²) in [6.45, 7) is 2.83. The van der Waals surface area contributed by atoms with Gasteiger partial charge in [-0.3, -0.25) is 9.59 Å². The lowest BCUT2D eigenvalue weighted by Gasteiger charge is -2.30. The largest absolute Gasteiger partial charge is 0.497 e. The molecule has 1 aliphatic rings. The van der Waals surface area contributed by atoms with Gasteiger partial charge in [-0.05, 0) is 55.2 Å². The Morgan fingerprint density at radius 1 is 1.11 bits per heavy atom. The number of hydrogen-bond acceptors (Lipinski definition) is 6. The predicted octanol–water partition coefficient (Wildman–Crippen LogP) is 3.97. The van der Waals surface area contributed by atoms with Gasteiger partial charge in [0.25, 0.3) is 5.91 Å². The second-order valence-corrected chi connectivity index (χ2v) is 8.51. The van der Waals surface area contributed by atoms with Gasteiger partial charge in [0.1, 0.15) is 17.3 Å². The lowest BCUT2D eigenvalue weighted by molar-refractivity contribution is -0.126. The topological polar surface area (TPSA) is 93.9 Å². The highest BCUT2D eigenvalue weighted by atomic mass is 19.1. The van der Waals surface area contributed by atoms with Crippen molar-refractivity contribution in [3.8, 4) is 22.8 Å². The minimum atomic E-state index is -0.288. The van der Waals surface area contributed by atoms with Gasteiger partial charge in [-0.15, -0.1) is 0 Å². The number of nitrogens with zero attached hydrogens (tertiary/aromatic N) is 2. The number of aryl methyl sites for hydroxylation is 1. The van der Waals surface area contributed by atoms with E-state index in [-0.39, 0.29) is 35.8 Å². The van der Waals surface area contributed by atoms with Crippen LogP contribution in [0.4, 0.5) is 4.39 Å². The van der Waals surface area contributed by atoms with Crippen LogP contribution in [0.5, 0.6) is 11.5 Å². The number of carbonyl (C=O) groups excluding carboxylic acids is 2. The fourth-order valence-corrected chi connectivity index (χ4v) is 4.10. The number of halogens is 1. The first kappa shape index (κ1) is 24.3. The Labute approximate surface area is 203 Å². The quantitative estimate of drug-likeness (QED) is 0.549. The molecule has 0 saturated carbocycles. The Balaban J connectivity index is 1.34. The summed E-state index contributed by atoms with van der Waals surface area (Å²) >= 11 is 0. The van der Waals surface area contributed by atoms with Crippen molar-refractivity contribution in [1.82, 2.24) is 15.4 Å². The average molecular weight is 482 g/mol. The maximum atomic E-state index is 13.7. The van der Waals surface area contributed by atoms with Crippen LogP contribution in [-0.2, 0) is 11.3 Å². The van der Waals surface area contributed by atoms with Crippen molar-refractivity contribution < 1.29 is 28.0 Å². The van der Waals surface area contributed by atoms with Gasteiger partial charge < -0.3 is 24.2 Å². The Hall–Kier alpha value is -3.88. The molecule has 184 valence electrons. The molecule has 0 aliphatic carbocycles. The second kappa shape index (κ2) is 10.6. The number of likely N-dealkylation sites (tertiary alicyclic amines) is 1. The number of ether oxygens (including phenoxy) is 2. The number of hydrogen-bond donors (Lipinski definition) is 1. The number of rotatable bonds is 7. The summed E-state index contributed by atoms with van der Waals surface area (Å²) in [4.78, 5) is 27.2. The zero-order valence-electron chi connectivity index (χ0n) is 20.0. The molecule has 1 fully saturated rings. The van der Waals surface area contributed by atoms with Crippen LogP contribution in [0.3, 0.4) is 0 Å². The first-order valence-electron chi connectivity index (χ1n) is 11.4. The lowest BCUT2D eigenvalue weighted by atomic mass is 9.95. The van der Waals surface area contributed by atoms with Gasteiger partial charge in [0.15, 0.2) is 11.5 Å². The summed E-state index contributed by atoms with van der Waals surface area (Å²) in [6.07, 6.45) is 1.07. The first-order valence-corrected chi connectivity index (χ1v) is 11.4. The zero-order valence-corrected chi connectivity index (χ0v) is 20.0. The van der Waals surface area contributed by atoms with Gasteiger partial charge in [0.05, 0.1) is 19.8 Å². The van der Waals surface area contributed by atoms with E-state index in [0.29, 0.717) is 59.9 Å². The molecular formula is C26H28FN3O5. The summed E-state index contributed by atoms with van der Waals surface area (Å²) in [7, 11) is 3.11. The standard InChI is InChI=1S/C26H28FN3O5/c1-16-4-5-17(12-21(16)27)15-28-25(31)18-8-10-30(11-9-18)26(32)22-14-24(35-29-22)20-13-19(33-2)6-7-23(20)34-3/h4-7,12-14,18H,8-11,15H2,1-3H3,(H,28,31). The third kappa shape index (κ3) is 5.45. The van der Waals surface area contributed by atoms with Crippen LogP contribution in [0.1, 0.15) is 34.5 Å². The van der Waals surface area contributed by atoms with Crippen molar-refractivity contribution in [3.05, 3.63) is 65.1 Å². The Morgan fingerprint density at radius 3 is 2.57 bits per heavy atom. The number of nitrogens with one attached hydrogen (secondary N) is 1. The van der Waals surface area contributed by atoms with Gasteiger partial charge in [-0.2, -0.15) is 0 Å². The van der Waals surface area contributed by atoms with Crippen molar-refractivity contribution in [2.45, 2.75) is 26.3 Å². The number of piperidine rings is 1. The molecule has 9 heteroatoms. The average Bonchev–Trinajstić information content (AvgIpc) is 3.38. The minimum absolute atomic E-state index is 0.0908. The summed E-state index contributed by atoms with van der Waals surface area (Å²) in [6, 6.07) is 11.8. The summed E-state index contributed by atoms with van der Waals surface area (Å²) in [5.74, 6) is 0.750. The SMILES string of the molecule is COc1ccc(OC)c(-c2cc(C(=O)N3CCC(C(=O)NCc4ccc(C)c(F)c4)CC3)no2)c1. The van der Waals surface area contributed by atoms with Crippen LogP contribution in [0.2, 0.25) is 0 Å². The molecule has 1 aromatic heterocycles. The molecule has 1 aliphatic heterocycles. The van der Waals surface area contributed by atoms with Crippen LogP contribution in [0.15, 0.2) is 47.0 Å². The highest BCUT2D eigenvalue weighted by molar-refractivity contribution is 5.93. The van der Waals surface area contributed by atoms with Gasteiger partial charge >= 0.3 is 0 Å². The number of benzene rings is 2. The fourth-order valence-electron chi connectivity index (χ4n) is 4.10. The molecule has 0 atom stereocenters. The third-order valence-corrected chi connectivity index (χ3v) is 6.26. The molecule has 0 bridgehead atoms. The van der Waals surface area contributed by atoms with Gasteiger partial charge in [0, 0.05) is 31.6 Å². The van der Waals surface area contributed by atoms with Crippen LogP contribution >= 0.6 is 0 Å². The van der Waals surface area contributed by atoms with Crippen LogP contribution in [0, 0.1) is 18.7 Å². The van der Waals surface area contributed by atoms with Crippen molar-refractivity contribution in [3.63, 3.8) is 0 Å². The summed E-state index contributed by atoms with van der Waals surface area (Å²) in [5, 5.41) is 6.83. The molecule has 0 unspecified atom stereocenters. The summed E-state index contributed by atoms with van der Waals surface area (Å²) < 4.78 is 29.8. The number of methoxy groups -OCH3 is 2. The molecule has 2 heterocycles. The first-order chi connectivity index (χ1) is 16.9. The van der Waals surface area contributed by atoms with Crippen LogP contribution in [0.25, 0.3) is 11.3 Å². The highest BCUT2D eigenvalue weighted by Gasteiger charge is 2.29. The highest BCUT2D eigenvalue weighted by Crippen LogP contribution is 2.34. The molecule has 35 heavy (non-hydrogen) atoms. The smallest absolute Gasteiger partial charge is 0.276 e. The van der Waals surface area contributed by atoms with Crippen LogP contribution < -0.4 is 14.8 Å². The minimum Gasteiger partial charge on any atom is -0.497 e. The third-order valence-electron chi connectivity index (χ3n) is 6.26. The molecule has 1 saturated heterocycles. The van der Waals surface area contributed by atoms with Crippen molar-refractivity contribution in [1.29, 1.82) is 0 Å². The van der Waals surface area contributed by atoms with E-state index < -0.39 is 0 Å². The van der Waals surface area contributed by atoms with Crippen molar-refractivity contribution in [2.75, 3.05) is 27.3 Å². The fraction of sp³-hybridized carbons (Fsp3) is 0.346. The number of aromatic nitrogens is 1. The molecule has 1 N–H and O–H groups in total. The molecular weight excluding hydrogens is 453 g/mol. The van der Waals surface area contributed by atoms with Gasteiger partial charge in [0.2, 0.25) is 5.91 Å². The second-order valence-electron chi connectivity index (χ2n) is 8.51. The van der Waals surface area contributed by atoms with E-state index in [9.17, 15) is 14.0 Å². The van der Waals surface area contributed by atoms with E-state index in [1.54, 1.807) is 62.4 Å². The Bertz CT molecular complexity index is 1220. The lowest BCUT2D eigenvalue weighted by Crippen LogP contribution is -2.43. The number of carbonyl (C=O) groups is 2. The maximum Gasteiger partial charge on any atom is 0.276 e. The maximum absolute atomic E-state index is 13.7. The van der Waals surface area contributed by atoms with E-state index in [1.807, 2.05) is 0 Å². The molecule has 4 rings (SSSR count). The van der Waals surface area contributed by atoms with E-state index in [0.717, 1.165) is 0 Å². The van der Waals surface area contributed by atoms with Crippen LogP contribution in [-0.4, -0.2) is 49.2 Å². The van der Waals surface area contributed by atoms with E-state index in [2.05, 4.69) is 10.5 Å².